The molecule has 94 valence electrons. The summed E-state index contributed by atoms with van der Waals surface area (Å²) in [6, 6.07) is 7.02. The molecular weight excluding hydrogens is 256 g/mol. The second kappa shape index (κ2) is 4.26. The maximum Gasteiger partial charge on any atom is 0.332 e. The van der Waals surface area contributed by atoms with Crippen LogP contribution >= 0.6 is 0 Å². The van der Waals surface area contributed by atoms with E-state index in [2.05, 4.69) is 4.98 Å². The van der Waals surface area contributed by atoms with Gasteiger partial charge in [0.2, 0.25) is 0 Å². The van der Waals surface area contributed by atoms with E-state index in [0.717, 1.165) is 6.26 Å². The Balaban J connectivity index is 2.54. The van der Waals surface area contributed by atoms with E-state index in [1.165, 1.54) is 41.1 Å². The third-order valence-electron chi connectivity index (χ3n) is 2.37. The van der Waals surface area contributed by atoms with Gasteiger partial charge in [-0.1, -0.05) is 0 Å². The zero-order valence-corrected chi connectivity index (χ0v) is 10.3. The summed E-state index contributed by atoms with van der Waals surface area (Å²) < 4.78 is 23.8. The molecule has 18 heavy (non-hydrogen) atoms. The third kappa shape index (κ3) is 2.40. The summed E-state index contributed by atoms with van der Waals surface area (Å²) in [7, 11) is -3.26. The summed E-state index contributed by atoms with van der Waals surface area (Å²) in [5.74, 6) is 0. The minimum absolute atomic E-state index is 0.170. The van der Waals surface area contributed by atoms with Gasteiger partial charge in [0.1, 0.15) is 0 Å². The second-order valence-electron chi connectivity index (χ2n) is 3.75. The van der Waals surface area contributed by atoms with Crippen LogP contribution in [-0.4, -0.2) is 24.2 Å². The van der Waals surface area contributed by atoms with Crippen LogP contribution in [0.2, 0.25) is 0 Å². The molecule has 0 amide bonds. The van der Waals surface area contributed by atoms with E-state index < -0.39 is 21.1 Å². The molecule has 0 aliphatic rings. The summed E-state index contributed by atoms with van der Waals surface area (Å²) in [5.41, 5.74) is -0.581. The molecule has 0 saturated heterocycles. The van der Waals surface area contributed by atoms with Crippen LogP contribution in [0, 0.1) is 0 Å². The first-order valence-electron chi connectivity index (χ1n) is 5.00. The first-order valence-corrected chi connectivity index (χ1v) is 6.89. The minimum atomic E-state index is -3.26. The number of hydrogen-bond donors (Lipinski definition) is 1. The van der Waals surface area contributed by atoms with Crippen molar-refractivity contribution in [3.63, 3.8) is 0 Å². The lowest BCUT2D eigenvalue weighted by Gasteiger charge is -2.05. The highest BCUT2D eigenvalue weighted by molar-refractivity contribution is 7.90. The van der Waals surface area contributed by atoms with Gasteiger partial charge in [0.05, 0.1) is 10.6 Å². The minimum Gasteiger partial charge on any atom is -0.274 e. The molecule has 6 nitrogen and oxygen atoms in total. The molecule has 0 fully saturated rings. The predicted molar refractivity (Wildman–Crippen MR) is 65.8 cm³/mol. The maximum absolute atomic E-state index is 11.5. The van der Waals surface area contributed by atoms with Crippen LogP contribution in [0.25, 0.3) is 5.69 Å². The van der Waals surface area contributed by atoms with E-state index in [1.807, 2.05) is 0 Å². The Morgan fingerprint density at radius 1 is 1.06 bits per heavy atom. The predicted octanol–water partition coefficient (Wildman–Crippen LogP) is -0.0707. The topological polar surface area (TPSA) is 89.0 Å². The van der Waals surface area contributed by atoms with Crippen LogP contribution < -0.4 is 11.2 Å². The molecular formula is C11H10N2O4S. The van der Waals surface area contributed by atoms with Crippen molar-refractivity contribution in [2.45, 2.75) is 4.90 Å². The number of sulfone groups is 1. The van der Waals surface area contributed by atoms with Gasteiger partial charge in [0.25, 0.3) is 5.56 Å². The maximum atomic E-state index is 11.5. The zero-order chi connectivity index (χ0) is 13.3. The fourth-order valence-corrected chi connectivity index (χ4v) is 2.10. The van der Waals surface area contributed by atoms with Gasteiger partial charge in [-0.15, -0.1) is 0 Å². The normalized spacial score (nSPS) is 11.4. The Hall–Kier alpha value is -2.15. The van der Waals surface area contributed by atoms with Gasteiger partial charge >= 0.3 is 5.69 Å². The molecule has 1 aromatic carbocycles. The van der Waals surface area contributed by atoms with Gasteiger partial charge in [-0.25, -0.2) is 13.2 Å². The van der Waals surface area contributed by atoms with Crippen LogP contribution in [0.3, 0.4) is 0 Å². The lowest BCUT2D eigenvalue weighted by atomic mass is 10.3. The fourth-order valence-electron chi connectivity index (χ4n) is 1.47. The van der Waals surface area contributed by atoms with Gasteiger partial charge in [-0.3, -0.25) is 14.3 Å². The molecule has 0 aliphatic heterocycles. The van der Waals surface area contributed by atoms with Crippen molar-refractivity contribution in [1.29, 1.82) is 0 Å². The quantitative estimate of drug-likeness (QED) is 0.824. The highest BCUT2D eigenvalue weighted by Gasteiger charge is 2.07. The first-order chi connectivity index (χ1) is 8.38. The van der Waals surface area contributed by atoms with Crippen LogP contribution in [0.1, 0.15) is 0 Å². The Bertz CT molecular complexity index is 785. The molecule has 2 rings (SSSR count). The molecule has 0 atom stereocenters. The van der Waals surface area contributed by atoms with Crippen LogP contribution in [0.5, 0.6) is 0 Å². The number of H-pyrrole nitrogens is 1. The summed E-state index contributed by atoms with van der Waals surface area (Å²) >= 11 is 0. The van der Waals surface area contributed by atoms with Crippen LogP contribution in [0.15, 0.2) is 51.0 Å². The highest BCUT2D eigenvalue weighted by Crippen LogP contribution is 2.11. The lowest BCUT2D eigenvalue weighted by Crippen LogP contribution is -2.27. The average Bonchev–Trinajstić information content (AvgIpc) is 2.28. The summed E-state index contributed by atoms with van der Waals surface area (Å²) in [4.78, 5) is 24.7. The third-order valence-corrected chi connectivity index (χ3v) is 3.50. The number of nitrogens with zero attached hydrogens (tertiary/aromatic N) is 1. The molecule has 1 heterocycles. The lowest BCUT2D eigenvalue weighted by molar-refractivity contribution is 0.602. The van der Waals surface area contributed by atoms with E-state index in [9.17, 15) is 18.0 Å². The number of aromatic amines is 1. The molecule has 0 radical (unpaired) electrons. The SMILES string of the molecule is CS(=O)(=O)c1ccc(-n2ccc(=O)[nH]c2=O)cc1. The first kappa shape index (κ1) is 12.3. The number of hydrogen-bond acceptors (Lipinski definition) is 4. The Labute approximate surface area is 102 Å². The smallest absolute Gasteiger partial charge is 0.274 e. The Kier molecular flexibility index (Phi) is 2.92. The van der Waals surface area contributed by atoms with E-state index in [-0.39, 0.29) is 4.90 Å². The van der Waals surface area contributed by atoms with Crippen molar-refractivity contribution in [2.24, 2.45) is 0 Å². The zero-order valence-electron chi connectivity index (χ0n) is 9.45. The molecule has 0 bridgehead atoms. The number of rotatable bonds is 2. The molecule has 0 unspecified atom stereocenters. The number of benzene rings is 1. The van der Waals surface area contributed by atoms with E-state index in [4.69, 9.17) is 0 Å². The van der Waals surface area contributed by atoms with Crippen molar-refractivity contribution < 1.29 is 8.42 Å². The molecule has 0 spiro atoms. The summed E-state index contributed by atoms with van der Waals surface area (Å²) in [5, 5.41) is 0. The number of nitrogens with one attached hydrogen (secondary N) is 1. The van der Waals surface area contributed by atoms with Crippen molar-refractivity contribution in [2.75, 3.05) is 6.26 Å². The molecule has 0 aliphatic carbocycles. The fraction of sp³-hybridized carbons (Fsp3) is 0.0909. The molecule has 1 N–H and O–H groups in total. The van der Waals surface area contributed by atoms with Crippen molar-refractivity contribution in [3.8, 4) is 5.69 Å². The van der Waals surface area contributed by atoms with Crippen molar-refractivity contribution >= 4 is 9.84 Å². The van der Waals surface area contributed by atoms with Gasteiger partial charge in [-0.05, 0) is 24.3 Å². The summed E-state index contributed by atoms with van der Waals surface area (Å²) in [6.45, 7) is 0. The van der Waals surface area contributed by atoms with Gasteiger partial charge in [0, 0.05) is 18.5 Å². The highest BCUT2D eigenvalue weighted by atomic mass is 32.2. The standard InChI is InChI=1S/C11H10N2O4S/c1-18(16,17)9-4-2-8(3-5-9)13-7-6-10(14)12-11(13)15/h2-7H,1H3,(H,12,14,15). The Morgan fingerprint density at radius 3 is 2.17 bits per heavy atom. The second-order valence-corrected chi connectivity index (χ2v) is 5.76. The monoisotopic (exact) mass is 266 g/mol. The summed E-state index contributed by atoms with van der Waals surface area (Å²) in [6.07, 6.45) is 2.44. The molecule has 0 saturated carbocycles. The van der Waals surface area contributed by atoms with E-state index >= 15 is 0 Å². The van der Waals surface area contributed by atoms with Gasteiger partial charge in [0.15, 0.2) is 9.84 Å². The molecule has 7 heteroatoms. The average molecular weight is 266 g/mol. The van der Waals surface area contributed by atoms with E-state index in [0.29, 0.717) is 5.69 Å². The van der Waals surface area contributed by atoms with Gasteiger partial charge < -0.3 is 0 Å². The van der Waals surface area contributed by atoms with Crippen molar-refractivity contribution in [3.05, 3.63) is 57.4 Å². The number of aromatic nitrogens is 2. The van der Waals surface area contributed by atoms with Crippen molar-refractivity contribution in [1.82, 2.24) is 9.55 Å². The largest absolute Gasteiger partial charge is 0.332 e. The van der Waals surface area contributed by atoms with Crippen LogP contribution in [0.4, 0.5) is 0 Å². The van der Waals surface area contributed by atoms with Gasteiger partial charge in [-0.2, -0.15) is 0 Å². The van der Waals surface area contributed by atoms with E-state index in [1.54, 1.807) is 0 Å². The molecule has 1 aromatic heterocycles. The van der Waals surface area contributed by atoms with Crippen LogP contribution in [-0.2, 0) is 9.84 Å². The molecule has 2 aromatic rings. The Morgan fingerprint density at radius 2 is 1.67 bits per heavy atom.